The van der Waals surface area contributed by atoms with Crippen LogP contribution in [0.3, 0.4) is 0 Å². The van der Waals surface area contributed by atoms with Gasteiger partial charge in [-0.15, -0.1) is 0 Å². The van der Waals surface area contributed by atoms with Gasteiger partial charge in [0.25, 0.3) is 0 Å². The first-order chi connectivity index (χ1) is 8.10. The van der Waals surface area contributed by atoms with E-state index in [-0.39, 0.29) is 17.9 Å². The van der Waals surface area contributed by atoms with Gasteiger partial charge in [-0.05, 0) is 0 Å². The maximum Gasteiger partial charge on any atom is 0.325 e. The normalized spacial score (nSPS) is 22.9. The Morgan fingerprint density at radius 1 is 1.41 bits per heavy atom. The van der Waals surface area contributed by atoms with Gasteiger partial charge in [0.1, 0.15) is 6.04 Å². The van der Waals surface area contributed by atoms with Gasteiger partial charge >= 0.3 is 11.9 Å². The Hall–Kier alpha value is -1.14. The first kappa shape index (κ1) is 13.9. The molecule has 1 aliphatic rings. The molecule has 1 fully saturated rings. The summed E-state index contributed by atoms with van der Waals surface area (Å²) in [5.41, 5.74) is 0. The van der Waals surface area contributed by atoms with Crippen molar-refractivity contribution < 1.29 is 23.8 Å². The zero-order valence-corrected chi connectivity index (χ0v) is 10.5. The van der Waals surface area contributed by atoms with E-state index in [2.05, 4.69) is 4.74 Å². The van der Waals surface area contributed by atoms with Crippen LogP contribution in [-0.2, 0) is 23.8 Å². The lowest BCUT2D eigenvalue weighted by Gasteiger charge is -2.34. The molecule has 0 bridgehead atoms. The molecule has 2 atom stereocenters. The van der Waals surface area contributed by atoms with Crippen molar-refractivity contribution in [3.8, 4) is 0 Å². The Morgan fingerprint density at radius 2 is 2.12 bits per heavy atom. The van der Waals surface area contributed by atoms with E-state index >= 15 is 0 Å². The Labute approximate surface area is 101 Å². The molecule has 0 N–H and O–H groups in total. The number of esters is 2. The summed E-state index contributed by atoms with van der Waals surface area (Å²) in [6, 6.07) is -0.430. The first-order valence-corrected chi connectivity index (χ1v) is 5.57. The Morgan fingerprint density at radius 3 is 2.71 bits per heavy atom. The van der Waals surface area contributed by atoms with Crippen LogP contribution in [0.5, 0.6) is 0 Å². The standard InChI is InChI=1S/C11H19NO5/c1-8(10(13)15-2)6-12-4-5-17-7-9(12)11(14)16-3/h8-9H,4-7H2,1-3H3. The second-order valence-corrected chi connectivity index (χ2v) is 4.03. The number of morpholine rings is 1. The molecule has 0 aromatic rings. The van der Waals surface area contributed by atoms with Crippen LogP contribution in [0.25, 0.3) is 0 Å². The predicted molar refractivity (Wildman–Crippen MR) is 59.4 cm³/mol. The van der Waals surface area contributed by atoms with Gasteiger partial charge in [0, 0.05) is 13.1 Å². The lowest BCUT2D eigenvalue weighted by molar-refractivity contribution is -0.156. The lowest BCUT2D eigenvalue weighted by atomic mass is 10.1. The van der Waals surface area contributed by atoms with E-state index < -0.39 is 6.04 Å². The van der Waals surface area contributed by atoms with Gasteiger partial charge in [-0.1, -0.05) is 6.92 Å². The van der Waals surface area contributed by atoms with E-state index in [1.807, 2.05) is 4.90 Å². The van der Waals surface area contributed by atoms with Crippen LogP contribution in [0.4, 0.5) is 0 Å². The molecule has 1 heterocycles. The minimum absolute atomic E-state index is 0.273. The molecule has 0 aromatic heterocycles. The number of carbonyl (C=O) groups is 2. The molecule has 0 spiro atoms. The van der Waals surface area contributed by atoms with E-state index in [1.54, 1.807) is 6.92 Å². The maximum atomic E-state index is 11.5. The highest BCUT2D eigenvalue weighted by atomic mass is 16.5. The van der Waals surface area contributed by atoms with E-state index in [0.717, 1.165) is 0 Å². The fraction of sp³-hybridized carbons (Fsp3) is 0.818. The maximum absolute atomic E-state index is 11.5. The molecule has 1 rings (SSSR count). The minimum Gasteiger partial charge on any atom is -0.469 e. The molecule has 2 unspecified atom stereocenters. The topological polar surface area (TPSA) is 65.1 Å². The van der Waals surface area contributed by atoms with Crippen LogP contribution in [0.1, 0.15) is 6.92 Å². The summed E-state index contributed by atoms with van der Waals surface area (Å²) in [6.45, 7) is 3.72. The minimum atomic E-state index is -0.430. The Balaban J connectivity index is 2.59. The predicted octanol–water partition coefficient (Wildman–Crippen LogP) is -0.331. The highest BCUT2D eigenvalue weighted by Gasteiger charge is 2.32. The lowest BCUT2D eigenvalue weighted by Crippen LogP contribution is -2.52. The Bertz CT molecular complexity index is 281. The van der Waals surface area contributed by atoms with Crippen molar-refractivity contribution >= 4 is 11.9 Å². The molecule has 6 heteroatoms. The summed E-state index contributed by atoms with van der Waals surface area (Å²) < 4.78 is 14.6. The van der Waals surface area contributed by atoms with Gasteiger partial charge in [-0.2, -0.15) is 0 Å². The van der Waals surface area contributed by atoms with E-state index in [1.165, 1.54) is 14.2 Å². The number of hydrogen-bond acceptors (Lipinski definition) is 6. The molecule has 0 aliphatic carbocycles. The van der Waals surface area contributed by atoms with Crippen molar-refractivity contribution in [2.24, 2.45) is 5.92 Å². The van der Waals surface area contributed by atoms with Crippen molar-refractivity contribution in [3.05, 3.63) is 0 Å². The number of hydrogen-bond donors (Lipinski definition) is 0. The third-order valence-corrected chi connectivity index (χ3v) is 2.82. The molecule has 1 aliphatic heterocycles. The smallest absolute Gasteiger partial charge is 0.325 e. The van der Waals surface area contributed by atoms with Crippen molar-refractivity contribution in [1.29, 1.82) is 0 Å². The fourth-order valence-electron chi connectivity index (χ4n) is 1.84. The van der Waals surface area contributed by atoms with Crippen LogP contribution >= 0.6 is 0 Å². The van der Waals surface area contributed by atoms with Crippen molar-refractivity contribution in [2.75, 3.05) is 40.5 Å². The third-order valence-electron chi connectivity index (χ3n) is 2.82. The number of carbonyl (C=O) groups excluding carboxylic acids is 2. The molecule has 0 radical (unpaired) electrons. The van der Waals surface area contributed by atoms with Gasteiger partial charge in [0.15, 0.2) is 0 Å². The molecular formula is C11H19NO5. The zero-order chi connectivity index (χ0) is 12.8. The van der Waals surface area contributed by atoms with Crippen LogP contribution < -0.4 is 0 Å². The molecule has 0 aromatic carbocycles. The first-order valence-electron chi connectivity index (χ1n) is 5.57. The van der Waals surface area contributed by atoms with Gasteiger partial charge in [0.2, 0.25) is 0 Å². The average Bonchev–Trinajstić information content (AvgIpc) is 2.37. The summed E-state index contributed by atoms with van der Waals surface area (Å²) in [5.74, 6) is -0.882. The molecule has 6 nitrogen and oxygen atoms in total. The summed E-state index contributed by atoms with van der Waals surface area (Å²) in [7, 11) is 2.70. The SMILES string of the molecule is COC(=O)C(C)CN1CCOCC1C(=O)OC. The molecule has 0 amide bonds. The average molecular weight is 245 g/mol. The van der Waals surface area contributed by atoms with Crippen molar-refractivity contribution in [2.45, 2.75) is 13.0 Å². The summed E-state index contributed by atoms with van der Waals surface area (Å²) >= 11 is 0. The third kappa shape index (κ3) is 3.67. The molecule has 0 saturated carbocycles. The van der Waals surface area contributed by atoms with E-state index in [9.17, 15) is 9.59 Å². The molecule has 1 saturated heterocycles. The van der Waals surface area contributed by atoms with E-state index in [4.69, 9.17) is 9.47 Å². The molecular weight excluding hydrogens is 226 g/mol. The zero-order valence-electron chi connectivity index (χ0n) is 10.5. The fourth-order valence-corrected chi connectivity index (χ4v) is 1.84. The largest absolute Gasteiger partial charge is 0.469 e. The van der Waals surface area contributed by atoms with Crippen LogP contribution in [-0.4, -0.2) is 63.4 Å². The van der Waals surface area contributed by atoms with Gasteiger partial charge < -0.3 is 14.2 Å². The number of methoxy groups -OCH3 is 2. The number of nitrogens with zero attached hydrogens (tertiary/aromatic N) is 1. The Kier molecular flexibility index (Phi) is 5.37. The van der Waals surface area contributed by atoms with Crippen molar-refractivity contribution in [1.82, 2.24) is 4.90 Å². The van der Waals surface area contributed by atoms with Crippen LogP contribution in [0, 0.1) is 5.92 Å². The molecule has 98 valence electrons. The number of ether oxygens (including phenoxy) is 3. The second-order valence-electron chi connectivity index (χ2n) is 4.03. The van der Waals surface area contributed by atoms with Crippen molar-refractivity contribution in [3.63, 3.8) is 0 Å². The highest BCUT2D eigenvalue weighted by Crippen LogP contribution is 2.12. The van der Waals surface area contributed by atoms with E-state index in [0.29, 0.717) is 26.3 Å². The van der Waals surface area contributed by atoms with Crippen LogP contribution in [0.2, 0.25) is 0 Å². The second kappa shape index (κ2) is 6.56. The van der Waals surface area contributed by atoms with Crippen LogP contribution in [0.15, 0.2) is 0 Å². The van der Waals surface area contributed by atoms with Gasteiger partial charge in [0.05, 0.1) is 33.4 Å². The molecule has 17 heavy (non-hydrogen) atoms. The summed E-state index contributed by atoms with van der Waals surface area (Å²) in [5, 5.41) is 0. The highest BCUT2D eigenvalue weighted by molar-refractivity contribution is 5.76. The summed E-state index contributed by atoms with van der Waals surface area (Å²) in [4.78, 5) is 24.8. The quantitative estimate of drug-likeness (QED) is 0.632. The monoisotopic (exact) mass is 245 g/mol. The number of rotatable bonds is 4. The van der Waals surface area contributed by atoms with Gasteiger partial charge in [-0.25, -0.2) is 0 Å². The summed E-state index contributed by atoms with van der Waals surface area (Å²) in [6.07, 6.45) is 0. The van der Waals surface area contributed by atoms with Gasteiger partial charge in [-0.3, -0.25) is 14.5 Å².